The van der Waals surface area contributed by atoms with E-state index >= 15 is 0 Å². The topological polar surface area (TPSA) is 78.2 Å². The van der Waals surface area contributed by atoms with E-state index in [1.807, 2.05) is 0 Å². The molecule has 7 nitrogen and oxygen atoms in total. The molecule has 3 aromatic rings. The molecule has 1 aromatic carbocycles. The van der Waals surface area contributed by atoms with Crippen molar-refractivity contribution in [3.8, 4) is 0 Å². The van der Waals surface area contributed by atoms with E-state index in [4.69, 9.17) is 5.21 Å². The van der Waals surface area contributed by atoms with Crippen molar-refractivity contribution in [3.63, 3.8) is 0 Å². The van der Waals surface area contributed by atoms with Gasteiger partial charge in [-0.25, -0.2) is 15.4 Å². The Hall–Kier alpha value is -2.48. The average Bonchev–Trinajstić information content (AvgIpc) is 3.06. The van der Waals surface area contributed by atoms with E-state index in [1.165, 1.54) is 16.5 Å². The standard InChI is InChI=1S/C21H28N6O/c1-26-15-18(19-4-2-3-5-20(19)26)14-22-10-16-6-8-27(9-7-16)21-23-11-17(12-24-21)13-25-28/h2-5,11-12,15-16,22,25,28H,6-10,13-14H2,1H3. The van der Waals surface area contributed by atoms with Gasteiger partial charge < -0.3 is 20.0 Å². The number of fused-ring (bicyclic) bond motifs is 1. The maximum absolute atomic E-state index is 8.74. The molecule has 2 aromatic heterocycles. The van der Waals surface area contributed by atoms with Gasteiger partial charge in [-0.15, -0.1) is 0 Å². The Morgan fingerprint density at radius 1 is 1.11 bits per heavy atom. The third-order valence-electron chi connectivity index (χ3n) is 5.60. The zero-order valence-electron chi connectivity index (χ0n) is 16.3. The van der Waals surface area contributed by atoms with Gasteiger partial charge in [-0.1, -0.05) is 18.2 Å². The fourth-order valence-corrected chi connectivity index (χ4v) is 4.01. The molecule has 7 heteroatoms. The van der Waals surface area contributed by atoms with E-state index in [-0.39, 0.29) is 0 Å². The molecule has 0 radical (unpaired) electrons. The molecular weight excluding hydrogens is 352 g/mol. The molecule has 0 saturated carbocycles. The van der Waals surface area contributed by atoms with Gasteiger partial charge in [0, 0.05) is 68.3 Å². The van der Waals surface area contributed by atoms with Crippen molar-refractivity contribution < 1.29 is 5.21 Å². The molecule has 28 heavy (non-hydrogen) atoms. The molecule has 4 rings (SSSR count). The number of nitrogens with one attached hydrogen (secondary N) is 2. The molecular formula is C21H28N6O. The predicted octanol–water partition coefficient (Wildman–Crippen LogP) is 2.45. The summed E-state index contributed by atoms with van der Waals surface area (Å²) in [5.41, 5.74) is 5.65. The van der Waals surface area contributed by atoms with Gasteiger partial charge in [0.2, 0.25) is 5.95 Å². The second kappa shape index (κ2) is 8.68. The number of aromatic nitrogens is 3. The third kappa shape index (κ3) is 4.16. The number of anilines is 1. The van der Waals surface area contributed by atoms with E-state index in [9.17, 15) is 0 Å². The van der Waals surface area contributed by atoms with Gasteiger partial charge in [0.25, 0.3) is 0 Å². The van der Waals surface area contributed by atoms with Crippen LogP contribution in [0.25, 0.3) is 10.9 Å². The normalized spacial score (nSPS) is 15.4. The van der Waals surface area contributed by atoms with Crippen LogP contribution in [0.15, 0.2) is 42.9 Å². The number of nitrogens with zero attached hydrogens (tertiary/aromatic N) is 4. The number of piperidine rings is 1. The van der Waals surface area contributed by atoms with Gasteiger partial charge in [-0.05, 0) is 36.9 Å². The van der Waals surface area contributed by atoms with Crippen LogP contribution in [0.3, 0.4) is 0 Å². The quantitative estimate of drug-likeness (QED) is 0.547. The Balaban J connectivity index is 1.25. The van der Waals surface area contributed by atoms with Crippen LogP contribution >= 0.6 is 0 Å². The highest BCUT2D eigenvalue weighted by atomic mass is 16.5. The van der Waals surface area contributed by atoms with Crippen LogP contribution in [0.2, 0.25) is 0 Å². The lowest BCUT2D eigenvalue weighted by Gasteiger charge is -2.32. The van der Waals surface area contributed by atoms with E-state index < -0.39 is 0 Å². The van der Waals surface area contributed by atoms with E-state index in [1.54, 1.807) is 12.4 Å². The molecule has 3 heterocycles. The first-order valence-electron chi connectivity index (χ1n) is 9.91. The Bertz CT molecular complexity index is 899. The van der Waals surface area contributed by atoms with Gasteiger partial charge in [0.15, 0.2) is 0 Å². The second-order valence-electron chi connectivity index (χ2n) is 7.57. The lowest BCUT2D eigenvalue weighted by molar-refractivity contribution is 0.161. The molecule has 0 atom stereocenters. The van der Waals surface area contributed by atoms with E-state index in [0.717, 1.165) is 50.5 Å². The summed E-state index contributed by atoms with van der Waals surface area (Å²) in [7, 11) is 2.11. The van der Waals surface area contributed by atoms with Crippen LogP contribution in [0, 0.1) is 5.92 Å². The third-order valence-corrected chi connectivity index (χ3v) is 5.60. The molecule has 0 unspecified atom stereocenters. The minimum atomic E-state index is 0.366. The molecule has 0 bridgehead atoms. The van der Waals surface area contributed by atoms with Gasteiger partial charge >= 0.3 is 0 Å². The van der Waals surface area contributed by atoms with Gasteiger partial charge in [-0.3, -0.25) is 0 Å². The van der Waals surface area contributed by atoms with E-state index in [2.05, 4.69) is 67.7 Å². The lowest BCUT2D eigenvalue weighted by atomic mass is 9.97. The molecule has 0 spiro atoms. The van der Waals surface area contributed by atoms with Crippen molar-refractivity contribution in [2.75, 3.05) is 24.5 Å². The maximum Gasteiger partial charge on any atom is 0.225 e. The van der Waals surface area contributed by atoms with Crippen LogP contribution in [0.4, 0.5) is 5.95 Å². The van der Waals surface area contributed by atoms with Gasteiger partial charge in [0.05, 0.1) is 0 Å². The monoisotopic (exact) mass is 380 g/mol. The second-order valence-corrected chi connectivity index (χ2v) is 7.57. The fourth-order valence-electron chi connectivity index (χ4n) is 4.01. The van der Waals surface area contributed by atoms with Crippen molar-refractivity contribution in [3.05, 3.63) is 54.0 Å². The minimum absolute atomic E-state index is 0.366. The number of hydroxylamine groups is 1. The maximum atomic E-state index is 8.74. The molecule has 0 aliphatic carbocycles. The molecule has 1 aliphatic heterocycles. The highest BCUT2D eigenvalue weighted by Crippen LogP contribution is 2.22. The van der Waals surface area contributed by atoms with Crippen LogP contribution in [0.1, 0.15) is 24.0 Å². The number of benzene rings is 1. The Labute approximate surface area is 165 Å². The summed E-state index contributed by atoms with van der Waals surface area (Å²) in [6.07, 6.45) is 8.05. The average molecular weight is 380 g/mol. The summed E-state index contributed by atoms with van der Waals surface area (Å²) in [4.78, 5) is 11.1. The molecule has 1 aliphatic rings. The number of hydrogen-bond acceptors (Lipinski definition) is 6. The summed E-state index contributed by atoms with van der Waals surface area (Å²) in [5, 5.41) is 13.7. The zero-order chi connectivity index (χ0) is 19.3. The fraction of sp³-hybridized carbons (Fsp3) is 0.429. The molecule has 1 fully saturated rings. The zero-order valence-corrected chi connectivity index (χ0v) is 16.3. The summed E-state index contributed by atoms with van der Waals surface area (Å²) in [5.74, 6) is 1.47. The SMILES string of the molecule is Cn1cc(CNCC2CCN(c3ncc(CNO)cn3)CC2)c2ccccc21. The number of rotatable bonds is 7. The van der Waals surface area contributed by atoms with Gasteiger partial charge in [0.1, 0.15) is 0 Å². The summed E-state index contributed by atoms with van der Waals surface area (Å²) >= 11 is 0. The molecule has 1 saturated heterocycles. The first-order valence-corrected chi connectivity index (χ1v) is 9.91. The van der Waals surface area contributed by atoms with Gasteiger partial charge in [-0.2, -0.15) is 0 Å². The van der Waals surface area contributed by atoms with Crippen molar-refractivity contribution in [2.24, 2.45) is 13.0 Å². The largest absolute Gasteiger partial charge is 0.350 e. The Morgan fingerprint density at radius 3 is 2.61 bits per heavy atom. The highest BCUT2D eigenvalue weighted by Gasteiger charge is 2.20. The summed E-state index contributed by atoms with van der Waals surface area (Å²) in [6.45, 7) is 4.28. The van der Waals surface area contributed by atoms with Crippen molar-refractivity contribution in [1.29, 1.82) is 0 Å². The van der Waals surface area contributed by atoms with Crippen LogP contribution in [0.5, 0.6) is 0 Å². The minimum Gasteiger partial charge on any atom is -0.350 e. The first-order chi connectivity index (χ1) is 13.7. The molecule has 3 N–H and O–H groups in total. The van der Waals surface area contributed by atoms with Crippen molar-refractivity contribution in [2.45, 2.75) is 25.9 Å². The van der Waals surface area contributed by atoms with Crippen molar-refractivity contribution in [1.82, 2.24) is 25.3 Å². The Morgan fingerprint density at radius 2 is 1.86 bits per heavy atom. The van der Waals surface area contributed by atoms with Crippen LogP contribution in [-0.4, -0.2) is 39.4 Å². The van der Waals surface area contributed by atoms with E-state index in [0.29, 0.717) is 12.5 Å². The molecule has 0 amide bonds. The summed E-state index contributed by atoms with van der Waals surface area (Å²) in [6, 6.07) is 8.57. The van der Waals surface area contributed by atoms with Crippen LogP contribution in [-0.2, 0) is 20.1 Å². The highest BCUT2D eigenvalue weighted by molar-refractivity contribution is 5.83. The van der Waals surface area contributed by atoms with Crippen LogP contribution < -0.4 is 15.7 Å². The van der Waals surface area contributed by atoms with Crippen molar-refractivity contribution >= 4 is 16.9 Å². The predicted molar refractivity (Wildman–Crippen MR) is 110 cm³/mol. The number of hydrogen-bond donors (Lipinski definition) is 3. The summed E-state index contributed by atoms with van der Waals surface area (Å²) < 4.78 is 2.20. The number of aryl methyl sites for hydroxylation is 1. The first kappa shape index (κ1) is 18.9. The molecule has 148 valence electrons. The lowest BCUT2D eigenvalue weighted by Crippen LogP contribution is -2.38. The number of para-hydroxylation sites is 1. The smallest absolute Gasteiger partial charge is 0.225 e. The Kier molecular flexibility index (Phi) is 5.85.